The second-order valence-electron chi connectivity index (χ2n) is 4.61. The number of methoxy groups -OCH3 is 1. The summed E-state index contributed by atoms with van der Waals surface area (Å²) in [6.07, 6.45) is 0.740. The average molecular weight is 308 g/mol. The van der Waals surface area contributed by atoms with E-state index in [1.165, 1.54) is 13.2 Å². The molecule has 0 saturated heterocycles. The van der Waals surface area contributed by atoms with Crippen LogP contribution in [0, 0.1) is 0 Å². The van der Waals surface area contributed by atoms with Crippen molar-refractivity contribution in [1.29, 1.82) is 0 Å². The zero-order chi connectivity index (χ0) is 16.5. The maximum absolute atomic E-state index is 11.9. The third-order valence-electron chi connectivity index (χ3n) is 2.90. The highest BCUT2D eigenvalue weighted by Crippen LogP contribution is 2.17. The second-order valence-corrected chi connectivity index (χ2v) is 4.61. The Labute approximate surface area is 129 Å². The van der Waals surface area contributed by atoms with Crippen LogP contribution in [-0.4, -0.2) is 37.7 Å². The highest BCUT2D eigenvalue weighted by atomic mass is 16.5. The molecule has 0 fully saturated rings. The van der Waals surface area contributed by atoms with Crippen molar-refractivity contribution in [3.8, 4) is 5.75 Å². The normalized spacial score (nSPS) is 11.2. The van der Waals surface area contributed by atoms with Crippen LogP contribution in [0.2, 0.25) is 0 Å². The third-order valence-corrected chi connectivity index (χ3v) is 2.90. The number of hydrogen-bond acceptors (Lipinski definition) is 5. The molecule has 120 valence electrons. The summed E-state index contributed by atoms with van der Waals surface area (Å²) in [6, 6.07) is 5.82. The molecule has 0 unspecified atom stereocenters. The number of urea groups is 1. The smallest absolute Gasteiger partial charge is 0.342 e. The van der Waals surface area contributed by atoms with Crippen LogP contribution in [0.15, 0.2) is 24.3 Å². The summed E-state index contributed by atoms with van der Waals surface area (Å²) in [6.45, 7) is 3.17. The van der Waals surface area contributed by atoms with Gasteiger partial charge in [0.05, 0.1) is 7.11 Å². The molecule has 0 spiro atoms. The molecule has 1 atom stereocenters. The maximum atomic E-state index is 11.9. The summed E-state index contributed by atoms with van der Waals surface area (Å²) in [5, 5.41) is 4.65. The van der Waals surface area contributed by atoms with Crippen LogP contribution < -0.4 is 15.4 Å². The van der Waals surface area contributed by atoms with Crippen molar-refractivity contribution in [2.75, 3.05) is 13.7 Å². The Morgan fingerprint density at radius 1 is 1.23 bits per heavy atom. The number of carbonyl (C=O) groups excluding carboxylic acids is 3. The highest BCUT2D eigenvalue weighted by Gasteiger charge is 2.16. The first-order valence-corrected chi connectivity index (χ1v) is 6.88. The number of imide groups is 1. The first-order valence-electron chi connectivity index (χ1n) is 6.88. The molecule has 0 aliphatic rings. The molecule has 0 aromatic heterocycles. The van der Waals surface area contributed by atoms with Gasteiger partial charge in [0, 0.05) is 6.04 Å². The predicted molar refractivity (Wildman–Crippen MR) is 79.7 cm³/mol. The molecule has 0 heterocycles. The predicted octanol–water partition coefficient (Wildman–Crippen LogP) is 1.48. The molecule has 0 bridgehead atoms. The van der Waals surface area contributed by atoms with Gasteiger partial charge in [0.1, 0.15) is 11.3 Å². The lowest BCUT2D eigenvalue weighted by Crippen LogP contribution is -2.44. The number of carbonyl (C=O) groups is 3. The number of hydrogen-bond donors (Lipinski definition) is 2. The van der Waals surface area contributed by atoms with E-state index >= 15 is 0 Å². The number of rotatable bonds is 6. The number of para-hydroxylation sites is 1. The number of nitrogens with one attached hydrogen (secondary N) is 2. The van der Waals surface area contributed by atoms with Gasteiger partial charge in [-0.05, 0) is 25.5 Å². The van der Waals surface area contributed by atoms with Gasteiger partial charge >= 0.3 is 12.0 Å². The molecule has 0 saturated carbocycles. The molecule has 0 aliphatic carbocycles. The van der Waals surface area contributed by atoms with E-state index < -0.39 is 24.5 Å². The standard InChI is InChI=1S/C15H20N2O5/c1-4-10(2)16-15(20)17-13(18)9-22-14(19)11-7-5-6-8-12(11)21-3/h5-8,10H,4,9H2,1-3H3,(H2,16,17,18,20)/t10-/m1/s1. The first-order chi connectivity index (χ1) is 10.5. The van der Waals surface area contributed by atoms with Gasteiger partial charge in [-0.2, -0.15) is 0 Å². The van der Waals surface area contributed by atoms with Crippen LogP contribution in [0.3, 0.4) is 0 Å². The van der Waals surface area contributed by atoms with Gasteiger partial charge in [0.25, 0.3) is 5.91 Å². The summed E-state index contributed by atoms with van der Waals surface area (Å²) in [5.74, 6) is -1.05. The van der Waals surface area contributed by atoms with E-state index in [2.05, 4.69) is 10.6 Å². The number of ether oxygens (including phenoxy) is 2. The van der Waals surface area contributed by atoms with Gasteiger partial charge in [-0.25, -0.2) is 9.59 Å². The number of esters is 1. The number of benzene rings is 1. The van der Waals surface area contributed by atoms with E-state index in [1.807, 2.05) is 13.8 Å². The van der Waals surface area contributed by atoms with E-state index in [0.29, 0.717) is 5.75 Å². The molecule has 22 heavy (non-hydrogen) atoms. The van der Waals surface area contributed by atoms with Crippen molar-refractivity contribution in [3.05, 3.63) is 29.8 Å². The lowest BCUT2D eigenvalue weighted by Gasteiger charge is -2.12. The van der Waals surface area contributed by atoms with Crippen LogP contribution in [-0.2, 0) is 9.53 Å². The van der Waals surface area contributed by atoms with Gasteiger partial charge in [-0.15, -0.1) is 0 Å². The van der Waals surface area contributed by atoms with E-state index in [-0.39, 0.29) is 11.6 Å². The minimum Gasteiger partial charge on any atom is -0.496 e. The van der Waals surface area contributed by atoms with Gasteiger partial charge < -0.3 is 14.8 Å². The molecule has 1 rings (SSSR count). The monoisotopic (exact) mass is 308 g/mol. The highest BCUT2D eigenvalue weighted by molar-refractivity contribution is 5.97. The lowest BCUT2D eigenvalue weighted by molar-refractivity contribution is -0.123. The SMILES string of the molecule is CC[C@@H](C)NC(=O)NC(=O)COC(=O)c1ccccc1OC. The third kappa shape index (κ3) is 5.43. The van der Waals surface area contributed by atoms with Crippen LogP contribution in [0.25, 0.3) is 0 Å². The molecule has 7 heteroatoms. The first kappa shape index (κ1) is 17.5. The molecule has 7 nitrogen and oxygen atoms in total. The fourth-order valence-corrected chi connectivity index (χ4v) is 1.55. The van der Waals surface area contributed by atoms with Crippen molar-refractivity contribution < 1.29 is 23.9 Å². The Morgan fingerprint density at radius 3 is 2.55 bits per heavy atom. The molecule has 0 aliphatic heterocycles. The fourth-order valence-electron chi connectivity index (χ4n) is 1.55. The minimum absolute atomic E-state index is 0.0519. The van der Waals surface area contributed by atoms with Crippen LogP contribution in [0.1, 0.15) is 30.6 Å². The Balaban J connectivity index is 2.47. The summed E-state index contributed by atoms with van der Waals surface area (Å²) in [5.41, 5.74) is 0.210. The van der Waals surface area contributed by atoms with E-state index in [1.54, 1.807) is 18.2 Å². The lowest BCUT2D eigenvalue weighted by atomic mass is 10.2. The average Bonchev–Trinajstić information content (AvgIpc) is 2.52. The van der Waals surface area contributed by atoms with E-state index in [4.69, 9.17) is 9.47 Å². The zero-order valence-electron chi connectivity index (χ0n) is 12.8. The number of amides is 3. The van der Waals surface area contributed by atoms with E-state index in [0.717, 1.165) is 6.42 Å². The molecule has 0 radical (unpaired) electrons. The van der Waals surface area contributed by atoms with Crippen LogP contribution in [0.5, 0.6) is 5.75 Å². The van der Waals surface area contributed by atoms with Crippen LogP contribution in [0.4, 0.5) is 4.79 Å². The Bertz CT molecular complexity index is 544. The molecular weight excluding hydrogens is 288 g/mol. The second kappa shape index (κ2) is 8.66. The summed E-state index contributed by atoms with van der Waals surface area (Å²) >= 11 is 0. The summed E-state index contributed by atoms with van der Waals surface area (Å²) in [7, 11) is 1.43. The molecule has 1 aromatic carbocycles. The zero-order valence-corrected chi connectivity index (χ0v) is 12.8. The van der Waals surface area contributed by atoms with Gasteiger partial charge in [-0.3, -0.25) is 10.1 Å². The maximum Gasteiger partial charge on any atom is 0.342 e. The van der Waals surface area contributed by atoms with Gasteiger partial charge in [0.2, 0.25) is 0 Å². The molecule has 2 N–H and O–H groups in total. The Morgan fingerprint density at radius 2 is 1.91 bits per heavy atom. The quantitative estimate of drug-likeness (QED) is 0.776. The summed E-state index contributed by atoms with van der Waals surface area (Å²) < 4.78 is 9.88. The van der Waals surface area contributed by atoms with E-state index in [9.17, 15) is 14.4 Å². The fraction of sp³-hybridized carbons (Fsp3) is 0.400. The Kier molecular flexibility index (Phi) is 6.88. The van der Waals surface area contributed by atoms with Crippen LogP contribution >= 0.6 is 0 Å². The Hall–Kier alpha value is -2.57. The topological polar surface area (TPSA) is 93.7 Å². The molecule has 3 amide bonds. The largest absolute Gasteiger partial charge is 0.496 e. The van der Waals surface area contributed by atoms with Crippen molar-refractivity contribution in [2.45, 2.75) is 26.3 Å². The van der Waals surface area contributed by atoms with Crippen molar-refractivity contribution in [3.63, 3.8) is 0 Å². The van der Waals surface area contributed by atoms with Gasteiger partial charge in [-0.1, -0.05) is 19.1 Å². The molecular formula is C15H20N2O5. The minimum atomic E-state index is -0.705. The molecule has 1 aromatic rings. The van der Waals surface area contributed by atoms with Crippen molar-refractivity contribution in [1.82, 2.24) is 10.6 Å². The van der Waals surface area contributed by atoms with Gasteiger partial charge in [0.15, 0.2) is 6.61 Å². The van der Waals surface area contributed by atoms with Crippen molar-refractivity contribution >= 4 is 17.9 Å². The summed E-state index contributed by atoms with van der Waals surface area (Å²) in [4.78, 5) is 34.8. The van der Waals surface area contributed by atoms with Crippen molar-refractivity contribution in [2.24, 2.45) is 0 Å².